The molecule has 6 heteroatoms. The quantitative estimate of drug-likeness (QED) is 0.193. The zero-order chi connectivity index (χ0) is 27.1. The number of benzene rings is 3. The molecule has 0 saturated heterocycles. The molecule has 3 atom stereocenters. The van der Waals surface area contributed by atoms with Crippen LogP contribution in [0.15, 0.2) is 91.9 Å². The summed E-state index contributed by atoms with van der Waals surface area (Å²) in [6.45, 7) is 5.54. The van der Waals surface area contributed by atoms with Crippen molar-refractivity contribution in [2.24, 2.45) is 0 Å². The molecule has 8 rings (SSSR count). The van der Waals surface area contributed by atoms with Gasteiger partial charge in [-0.05, 0) is 48.1 Å². The van der Waals surface area contributed by atoms with E-state index in [1.807, 2.05) is 53.2 Å². The van der Waals surface area contributed by atoms with Gasteiger partial charge in [-0.2, -0.15) is 4.57 Å². The molecule has 3 nitrogen and oxygen atoms in total. The van der Waals surface area contributed by atoms with Gasteiger partial charge in [0.15, 0.2) is 17.8 Å². The Morgan fingerprint density at radius 2 is 1.70 bits per heavy atom. The lowest BCUT2D eigenvalue weighted by atomic mass is 9.75. The van der Waals surface area contributed by atoms with E-state index in [0.717, 1.165) is 29.8 Å². The molecule has 4 aromatic rings. The van der Waals surface area contributed by atoms with Crippen LogP contribution in [0, 0.1) is 17.5 Å². The molecule has 0 spiro atoms. The van der Waals surface area contributed by atoms with E-state index in [2.05, 4.69) is 47.0 Å². The first kappa shape index (κ1) is 23.6. The minimum Gasteiger partial charge on any atom is -0.352 e. The highest BCUT2D eigenvalue weighted by Gasteiger charge is 2.50. The Bertz CT molecular complexity index is 1750. The van der Waals surface area contributed by atoms with E-state index in [0.29, 0.717) is 18.2 Å². The second-order valence-electron chi connectivity index (χ2n) is 11.2. The van der Waals surface area contributed by atoms with Crippen molar-refractivity contribution >= 4 is 5.70 Å². The Balaban J connectivity index is 1.40. The average Bonchev–Trinajstić information content (AvgIpc) is 3.43. The Labute approximate surface area is 231 Å². The fraction of sp³-hybridized carbons (Fsp3) is 0.206. The number of halogens is 3. The summed E-state index contributed by atoms with van der Waals surface area (Å²) in [5, 5.41) is 0. The van der Waals surface area contributed by atoms with E-state index in [-0.39, 0.29) is 35.7 Å². The monoisotopic (exact) mass is 534 g/mol. The van der Waals surface area contributed by atoms with Gasteiger partial charge in [-0.15, -0.1) is 0 Å². The van der Waals surface area contributed by atoms with Crippen LogP contribution in [0.5, 0.6) is 0 Å². The van der Waals surface area contributed by atoms with Crippen LogP contribution < -0.4 is 4.57 Å². The summed E-state index contributed by atoms with van der Waals surface area (Å²) >= 11 is 0. The molecule has 0 amide bonds. The number of hydrogen-bond donors (Lipinski definition) is 0. The predicted molar refractivity (Wildman–Crippen MR) is 148 cm³/mol. The van der Waals surface area contributed by atoms with Crippen molar-refractivity contribution in [1.29, 1.82) is 0 Å². The molecular weight excluding hydrogens is 507 g/mol. The van der Waals surface area contributed by atoms with Crippen LogP contribution >= 0.6 is 0 Å². The number of aromatic nitrogens is 1. The maximum atomic E-state index is 15.8. The molecule has 198 valence electrons. The maximum Gasteiger partial charge on any atom is 0.222 e. The molecule has 1 aromatic heterocycles. The Hall–Kier alpha value is -4.32. The largest absolute Gasteiger partial charge is 0.352 e. The van der Waals surface area contributed by atoms with Crippen molar-refractivity contribution < 1.29 is 17.7 Å². The van der Waals surface area contributed by atoms with E-state index in [1.165, 1.54) is 16.7 Å². The summed E-state index contributed by atoms with van der Waals surface area (Å²) in [5.41, 5.74) is 7.12. The highest BCUT2D eigenvalue weighted by Crippen LogP contribution is 2.52. The minimum atomic E-state index is -1.16. The van der Waals surface area contributed by atoms with Crippen LogP contribution in [-0.4, -0.2) is 22.4 Å². The first-order chi connectivity index (χ1) is 19.5. The molecule has 3 aromatic carbocycles. The first-order valence-electron chi connectivity index (χ1n) is 13.8. The lowest BCUT2D eigenvalue weighted by molar-refractivity contribution is -0.573. The topological polar surface area (TPSA) is 10.4 Å². The first-order valence-corrected chi connectivity index (χ1v) is 13.8. The van der Waals surface area contributed by atoms with Gasteiger partial charge >= 0.3 is 0 Å². The van der Waals surface area contributed by atoms with E-state index in [9.17, 15) is 4.39 Å². The number of nitrogens with zero attached hydrogens (tertiary/aromatic N) is 3. The molecular formula is C34H27F3N3+. The average molecular weight is 535 g/mol. The Kier molecular flexibility index (Phi) is 5.06. The molecule has 5 heterocycles. The van der Waals surface area contributed by atoms with Crippen molar-refractivity contribution in [3.05, 3.63) is 132 Å². The SMILES string of the molecule is C=C1C2C(CCc3c(F)c(F)cc(F)c3-c3cc(-c4ccccc4)cc[n+]31)c1cccc3c1C1N(C=CN21)CC3. The fourth-order valence-corrected chi connectivity index (χ4v) is 7.44. The molecule has 0 bridgehead atoms. The van der Waals surface area contributed by atoms with Crippen molar-refractivity contribution in [3.63, 3.8) is 0 Å². The summed E-state index contributed by atoms with van der Waals surface area (Å²) in [5.74, 6) is -2.94. The van der Waals surface area contributed by atoms with E-state index in [4.69, 9.17) is 0 Å². The molecule has 4 aliphatic heterocycles. The third kappa shape index (κ3) is 3.22. The van der Waals surface area contributed by atoms with E-state index < -0.39 is 17.5 Å². The number of pyridine rings is 1. The molecule has 3 unspecified atom stereocenters. The second-order valence-corrected chi connectivity index (χ2v) is 11.2. The van der Waals surface area contributed by atoms with Crippen molar-refractivity contribution in [1.82, 2.24) is 9.80 Å². The zero-order valence-corrected chi connectivity index (χ0v) is 21.8. The molecule has 0 saturated carbocycles. The number of fused-ring (bicyclic) bond motifs is 6. The highest BCUT2D eigenvalue weighted by atomic mass is 19.2. The summed E-state index contributed by atoms with van der Waals surface area (Å²) in [7, 11) is 0. The van der Waals surface area contributed by atoms with Gasteiger partial charge in [-0.3, -0.25) is 0 Å². The Morgan fingerprint density at radius 3 is 2.55 bits per heavy atom. The number of rotatable bonds is 1. The third-order valence-electron chi connectivity index (χ3n) is 9.20. The lowest BCUT2D eigenvalue weighted by Gasteiger charge is -2.48. The molecule has 0 aliphatic carbocycles. The van der Waals surface area contributed by atoms with Crippen LogP contribution in [0.2, 0.25) is 0 Å². The van der Waals surface area contributed by atoms with Gasteiger partial charge < -0.3 is 9.80 Å². The summed E-state index contributed by atoms with van der Waals surface area (Å²) in [4.78, 5) is 4.73. The minimum absolute atomic E-state index is 0.0350. The standard InChI is InChI=1S/C34H27F3N3/c1-20-33-25(24-9-5-8-22-12-14-38-16-17-40(33)34(38)30(22)24)10-11-26-31(27(35)19-28(36)32(26)37)29-18-23(13-15-39(20)29)21-6-3-2-4-7-21/h2-9,13,15-19,25,33-34H,1,10-12,14H2/q+1. The van der Waals surface area contributed by atoms with Gasteiger partial charge in [0.25, 0.3) is 0 Å². The van der Waals surface area contributed by atoms with Crippen molar-refractivity contribution in [3.8, 4) is 22.4 Å². The van der Waals surface area contributed by atoms with Crippen molar-refractivity contribution in [2.75, 3.05) is 6.54 Å². The van der Waals surface area contributed by atoms with Gasteiger partial charge in [-0.25, -0.2) is 13.2 Å². The lowest BCUT2D eigenvalue weighted by Crippen LogP contribution is -2.53. The fourth-order valence-electron chi connectivity index (χ4n) is 7.44. The van der Waals surface area contributed by atoms with Crippen LogP contribution in [0.1, 0.15) is 40.8 Å². The van der Waals surface area contributed by atoms with Gasteiger partial charge in [0.05, 0.1) is 5.56 Å². The van der Waals surface area contributed by atoms with Crippen LogP contribution in [0.4, 0.5) is 13.2 Å². The summed E-state index contributed by atoms with van der Waals surface area (Å²) < 4.78 is 47.9. The number of hydrogen-bond acceptors (Lipinski definition) is 2. The summed E-state index contributed by atoms with van der Waals surface area (Å²) in [6, 6.07) is 20.7. The van der Waals surface area contributed by atoms with Crippen LogP contribution in [0.25, 0.3) is 28.1 Å². The second kappa shape index (κ2) is 8.59. The molecule has 0 fully saturated rings. The van der Waals surface area contributed by atoms with Gasteiger partial charge in [0, 0.05) is 54.2 Å². The smallest absolute Gasteiger partial charge is 0.222 e. The maximum absolute atomic E-state index is 15.8. The molecule has 0 radical (unpaired) electrons. The molecule has 0 N–H and O–H groups in total. The van der Waals surface area contributed by atoms with Crippen LogP contribution in [-0.2, 0) is 12.8 Å². The predicted octanol–water partition coefficient (Wildman–Crippen LogP) is 6.95. The molecule has 40 heavy (non-hydrogen) atoms. The van der Waals surface area contributed by atoms with Gasteiger partial charge in [-0.1, -0.05) is 48.5 Å². The van der Waals surface area contributed by atoms with E-state index in [1.54, 1.807) is 0 Å². The normalized spacial score (nSPS) is 22.1. The van der Waals surface area contributed by atoms with Crippen molar-refractivity contribution in [2.45, 2.75) is 37.4 Å². The van der Waals surface area contributed by atoms with Crippen LogP contribution in [0.3, 0.4) is 0 Å². The highest BCUT2D eigenvalue weighted by molar-refractivity contribution is 5.72. The third-order valence-corrected chi connectivity index (χ3v) is 9.20. The Morgan fingerprint density at radius 1 is 0.850 bits per heavy atom. The van der Waals surface area contributed by atoms with E-state index >= 15 is 8.78 Å². The van der Waals surface area contributed by atoms with Gasteiger partial charge in [0.1, 0.15) is 18.0 Å². The zero-order valence-electron chi connectivity index (χ0n) is 21.8. The molecule has 4 aliphatic rings. The summed E-state index contributed by atoms with van der Waals surface area (Å²) in [6.07, 6.45) is 7.96. The van der Waals surface area contributed by atoms with Gasteiger partial charge in [0.2, 0.25) is 11.4 Å².